The third-order valence-corrected chi connectivity index (χ3v) is 3.24. The summed E-state index contributed by atoms with van der Waals surface area (Å²) >= 11 is 0. The molecule has 0 radical (unpaired) electrons. The van der Waals surface area contributed by atoms with Crippen molar-refractivity contribution in [2.24, 2.45) is 0 Å². The zero-order valence-corrected chi connectivity index (χ0v) is 12.4. The Balaban J connectivity index is 1.92. The maximum absolute atomic E-state index is 4.36. The van der Waals surface area contributed by atoms with E-state index in [2.05, 4.69) is 33.2 Å². The highest BCUT2D eigenvalue weighted by atomic mass is 15.3. The molecule has 0 aliphatic carbocycles. The van der Waals surface area contributed by atoms with E-state index in [1.165, 1.54) is 0 Å². The number of nitrogens with zero attached hydrogens (tertiary/aromatic N) is 4. The molecule has 3 rings (SSSR count). The van der Waals surface area contributed by atoms with Crippen LogP contribution in [0.5, 0.6) is 0 Å². The van der Waals surface area contributed by atoms with E-state index < -0.39 is 0 Å². The highest BCUT2D eigenvalue weighted by Crippen LogP contribution is 2.40. The van der Waals surface area contributed by atoms with Gasteiger partial charge in [-0.3, -0.25) is 4.90 Å². The van der Waals surface area contributed by atoms with Gasteiger partial charge in [-0.05, 0) is 32.3 Å². The Labute approximate surface area is 124 Å². The first kappa shape index (κ1) is 13.4. The number of benzene rings is 1. The number of anilines is 4. The van der Waals surface area contributed by atoms with Crippen molar-refractivity contribution in [2.45, 2.75) is 0 Å². The molecule has 1 aromatic carbocycles. The van der Waals surface area contributed by atoms with Crippen LogP contribution >= 0.6 is 0 Å². The van der Waals surface area contributed by atoms with Crippen molar-refractivity contribution in [3.8, 4) is 11.8 Å². The Kier molecular flexibility index (Phi) is 3.46. The maximum Gasteiger partial charge on any atom is 0.176 e. The van der Waals surface area contributed by atoms with E-state index in [4.69, 9.17) is 0 Å². The van der Waals surface area contributed by atoms with Crippen molar-refractivity contribution < 1.29 is 0 Å². The lowest BCUT2D eigenvalue weighted by molar-refractivity contribution is 0.464. The number of aromatic nitrogens is 2. The first-order valence-electron chi connectivity index (χ1n) is 6.74. The lowest BCUT2D eigenvalue weighted by Crippen LogP contribution is -2.19. The third-order valence-electron chi connectivity index (χ3n) is 3.24. The fourth-order valence-corrected chi connectivity index (χ4v) is 2.21. The first-order valence-corrected chi connectivity index (χ1v) is 6.74. The van der Waals surface area contributed by atoms with Gasteiger partial charge >= 0.3 is 0 Å². The van der Waals surface area contributed by atoms with Gasteiger partial charge in [0.1, 0.15) is 0 Å². The second-order valence-corrected chi connectivity index (χ2v) is 5.18. The largest absolute Gasteiger partial charge is 0.335 e. The predicted molar refractivity (Wildman–Crippen MR) is 85.3 cm³/mol. The molecule has 5 heteroatoms. The summed E-state index contributed by atoms with van der Waals surface area (Å²) in [4.78, 5) is 12.8. The second kappa shape index (κ2) is 5.43. The minimum atomic E-state index is 0.749. The highest BCUT2D eigenvalue weighted by molar-refractivity contribution is 5.88. The van der Waals surface area contributed by atoms with E-state index in [0.717, 1.165) is 35.1 Å². The van der Waals surface area contributed by atoms with Crippen molar-refractivity contribution >= 4 is 23.0 Å². The molecule has 0 saturated carbocycles. The molecular weight excluding hydrogens is 262 g/mol. The molecule has 0 bridgehead atoms. The third kappa shape index (κ3) is 2.67. The Morgan fingerprint density at radius 1 is 1.24 bits per heavy atom. The predicted octanol–water partition coefficient (Wildman–Crippen LogP) is 2.21. The quantitative estimate of drug-likeness (QED) is 0.811. The van der Waals surface area contributed by atoms with Gasteiger partial charge in [-0.15, -0.1) is 0 Å². The minimum Gasteiger partial charge on any atom is -0.335 e. The molecule has 2 heterocycles. The Hall–Kier alpha value is -2.58. The van der Waals surface area contributed by atoms with Crippen LogP contribution in [-0.2, 0) is 0 Å². The number of hydrogen-bond donors (Lipinski definition) is 1. The van der Waals surface area contributed by atoms with Crippen LogP contribution in [0.1, 0.15) is 5.56 Å². The van der Waals surface area contributed by atoms with Gasteiger partial charge in [0.2, 0.25) is 0 Å². The van der Waals surface area contributed by atoms with E-state index in [9.17, 15) is 0 Å². The van der Waals surface area contributed by atoms with Crippen LogP contribution in [0.3, 0.4) is 0 Å². The molecule has 106 valence electrons. The topological polar surface area (TPSA) is 44.3 Å². The zero-order valence-electron chi connectivity index (χ0n) is 12.4. The van der Waals surface area contributed by atoms with Gasteiger partial charge in [-0.25, -0.2) is 9.97 Å². The number of rotatable bonds is 1. The molecule has 0 spiro atoms. The lowest BCUT2D eigenvalue weighted by atomic mass is 10.1. The molecular formula is C16H17N5. The zero-order chi connectivity index (χ0) is 14.8. The molecule has 0 atom stereocenters. The van der Waals surface area contributed by atoms with Crippen molar-refractivity contribution in [3.63, 3.8) is 0 Å². The SMILES string of the molecule is CN(C)CC#Cc1ccc2c(c1)Nc1nccnc1N2C. The van der Waals surface area contributed by atoms with Crippen LogP contribution in [-0.4, -0.2) is 42.6 Å². The normalized spacial score (nSPS) is 12.1. The fourth-order valence-electron chi connectivity index (χ4n) is 2.21. The standard InChI is InChI=1S/C16H17N5/c1-20(2)10-4-5-12-6-7-14-13(11-12)19-15-16(21(14)3)18-9-8-17-15/h6-9,11H,10H2,1-3H3,(H,17,19). The summed E-state index contributed by atoms with van der Waals surface area (Å²) in [7, 11) is 6.01. The van der Waals surface area contributed by atoms with Gasteiger partial charge < -0.3 is 10.2 Å². The van der Waals surface area contributed by atoms with Crippen LogP contribution in [0, 0.1) is 11.8 Å². The fraction of sp³-hybridized carbons (Fsp3) is 0.250. The number of fused-ring (bicyclic) bond motifs is 2. The molecule has 1 N–H and O–H groups in total. The molecule has 21 heavy (non-hydrogen) atoms. The second-order valence-electron chi connectivity index (χ2n) is 5.18. The van der Waals surface area contributed by atoms with Crippen LogP contribution in [0.25, 0.3) is 0 Å². The monoisotopic (exact) mass is 279 g/mol. The average molecular weight is 279 g/mol. The molecule has 0 saturated heterocycles. The van der Waals surface area contributed by atoms with Gasteiger partial charge in [-0.1, -0.05) is 11.8 Å². The van der Waals surface area contributed by atoms with Crippen LogP contribution in [0.15, 0.2) is 30.6 Å². The van der Waals surface area contributed by atoms with Crippen LogP contribution < -0.4 is 10.2 Å². The Morgan fingerprint density at radius 3 is 2.86 bits per heavy atom. The Morgan fingerprint density at radius 2 is 2.05 bits per heavy atom. The van der Waals surface area contributed by atoms with Crippen LogP contribution in [0.4, 0.5) is 23.0 Å². The van der Waals surface area contributed by atoms with Crippen molar-refractivity contribution in [1.29, 1.82) is 0 Å². The van der Waals surface area contributed by atoms with Gasteiger partial charge in [0.05, 0.1) is 17.9 Å². The van der Waals surface area contributed by atoms with Gasteiger partial charge in [0.25, 0.3) is 0 Å². The van der Waals surface area contributed by atoms with Gasteiger partial charge in [0, 0.05) is 25.0 Å². The summed E-state index contributed by atoms with van der Waals surface area (Å²) in [6.45, 7) is 0.749. The van der Waals surface area contributed by atoms with Crippen molar-refractivity contribution in [1.82, 2.24) is 14.9 Å². The average Bonchev–Trinajstić information content (AvgIpc) is 2.47. The smallest absolute Gasteiger partial charge is 0.176 e. The van der Waals surface area contributed by atoms with Gasteiger partial charge in [-0.2, -0.15) is 0 Å². The van der Waals surface area contributed by atoms with E-state index in [1.54, 1.807) is 12.4 Å². The molecule has 0 amide bonds. The number of nitrogens with one attached hydrogen (secondary N) is 1. The molecule has 5 nitrogen and oxygen atoms in total. The molecule has 1 aliphatic heterocycles. The highest BCUT2D eigenvalue weighted by Gasteiger charge is 2.21. The molecule has 0 fully saturated rings. The van der Waals surface area contributed by atoms with E-state index >= 15 is 0 Å². The molecule has 1 aliphatic rings. The summed E-state index contributed by atoms with van der Waals surface area (Å²) < 4.78 is 0. The molecule has 0 unspecified atom stereocenters. The summed E-state index contributed by atoms with van der Waals surface area (Å²) in [6.07, 6.45) is 3.38. The molecule has 2 aromatic rings. The van der Waals surface area contributed by atoms with Crippen molar-refractivity contribution in [3.05, 3.63) is 36.2 Å². The number of hydrogen-bond acceptors (Lipinski definition) is 5. The minimum absolute atomic E-state index is 0.749. The summed E-state index contributed by atoms with van der Waals surface area (Å²) in [5.41, 5.74) is 3.06. The lowest BCUT2D eigenvalue weighted by Gasteiger charge is -2.28. The van der Waals surface area contributed by atoms with Crippen molar-refractivity contribution in [2.75, 3.05) is 37.9 Å². The summed E-state index contributed by atoms with van der Waals surface area (Å²) in [5.74, 6) is 7.92. The maximum atomic E-state index is 4.36. The van der Waals surface area contributed by atoms with Gasteiger partial charge in [0.15, 0.2) is 11.6 Å². The van der Waals surface area contributed by atoms with E-state index in [-0.39, 0.29) is 0 Å². The van der Waals surface area contributed by atoms with E-state index in [1.807, 2.05) is 43.1 Å². The van der Waals surface area contributed by atoms with Crippen LogP contribution in [0.2, 0.25) is 0 Å². The summed E-state index contributed by atoms with van der Waals surface area (Å²) in [5, 5.41) is 3.32. The Bertz CT molecular complexity index is 727. The van der Waals surface area contributed by atoms with E-state index in [0.29, 0.717) is 0 Å². The molecule has 1 aromatic heterocycles. The first-order chi connectivity index (χ1) is 10.1. The summed E-state index contributed by atoms with van der Waals surface area (Å²) in [6, 6.07) is 6.13.